The van der Waals surface area contributed by atoms with Gasteiger partial charge in [-0.3, -0.25) is 14.5 Å². The lowest BCUT2D eigenvalue weighted by Crippen LogP contribution is -2.34. The van der Waals surface area contributed by atoms with Gasteiger partial charge in [0.15, 0.2) is 0 Å². The third kappa shape index (κ3) is 1.84. The van der Waals surface area contributed by atoms with E-state index in [2.05, 4.69) is 0 Å². The Morgan fingerprint density at radius 3 is 2.56 bits per heavy atom. The zero-order chi connectivity index (χ0) is 12.7. The fraction of sp³-hybridized carbons (Fsp3) is 0.286. The number of rotatable bonds is 3. The van der Waals surface area contributed by atoms with E-state index in [0.29, 0.717) is 12.1 Å². The molecular formula is C14H13NO3. The summed E-state index contributed by atoms with van der Waals surface area (Å²) in [6.45, 7) is 1.99. The van der Waals surface area contributed by atoms with Crippen LogP contribution in [-0.2, 0) is 14.3 Å². The van der Waals surface area contributed by atoms with Crippen LogP contribution in [0.5, 0.6) is 0 Å². The van der Waals surface area contributed by atoms with E-state index in [1.54, 1.807) is 6.92 Å². The highest BCUT2D eigenvalue weighted by molar-refractivity contribution is 6.15. The molecule has 2 heterocycles. The number of carbonyl (C=O) groups excluding carboxylic acids is 2. The van der Waals surface area contributed by atoms with Crippen molar-refractivity contribution >= 4 is 11.8 Å². The number of ether oxygens (including phenoxy) is 1. The predicted molar refractivity (Wildman–Crippen MR) is 64.5 cm³/mol. The predicted octanol–water partition coefficient (Wildman–Crippen LogP) is 1.44. The van der Waals surface area contributed by atoms with Gasteiger partial charge in [-0.25, -0.2) is 0 Å². The summed E-state index contributed by atoms with van der Waals surface area (Å²) in [6, 6.07) is 9.82. The highest BCUT2D eigenvalue weighted by Crippen LogP contribution is 2.39. The molecule has 2 aliphatic rings. The molecule has 18 heavy (non-hydrogen) atoms. The van der Waals surface area contributed by atoms with Crippen LogP contribution in [0.2, 0.25) is 0 Å². The number of carbonyl (C=O) groups is 2. The molecule has 0 N–H and O–H groups in total. The van der Waals surface area contributed by atoms with Gasteiger partial charge in [0.25, 0.3) is 11.8 Å². The van der Waals surface area contributed by atoms with E-state index >= 15 is 0 Å². The summed E-state index contributed by atoms with van der Waals surface area (Å²) >= 11 is 0. The first-order valence-electron chi connectivity index (χ1n) is 5.91. The molecule has 3 rings (SSSR count). The van der Waals surface area contributed by atoms with E-state index < -0.39 is 0 Å². The molecule has 0 aromatic heterocycles. The van der Waals surface area contributed by atoms with Crippen LogP contribution >= 0.6 is 0 Å². The standard InChI is InChI=1S/C14H13NO3/c1-9-7-12(16)15(14(9)17)8-11-13(18-11)10-5-3-2-4-6-10/h2-7,11,13H,8H2,1H3. The first-order chi connectivity index (χ1) is 8.66. The van der Waals surface area contributed by atoms with Gasteiger partial charge >= 0.3 is 0 Å². The summed E-state index contributed by atoms with van der Waals surface area (Å²) < 4.78 is 5.53. The second-order valence-corrected chi connectivity index (χ2v) is 4.59. The van der Waals surface area contributed by atoms with Crippen molar-refractivity contribution in [3.8, 4) is 0 Å². The molecular weight excluding hydrogens is 230 g/mol. The first-order valence-corrected chi connectivity index (χ1v) is 5.91. The molecule has 2 atom stereocenters. The second-order valence-electron chi connectivity index (χ2n) is 4.59. The topological polar surface area (TPSA) is 49.9 Å². The maximum absolute atomic E-state index is 11.7. The Hall–Kier alpha value is -1.94. The van der Waals surface area contributed by atoms with E-state index in [4.69, 9.17) is 4.74 Å². The average molecular weight is 243 g/mol. The third-order valence-electron chi connectivity index (χ3n) is 3.26. The largest absolute Gasteiger partial charge is 0.363 e. The Morgan fingerprint density at radius 2 is 1.94 bits per heavy atom. The number of benzene rings is 1. The second kappa shape index (κ2) is 4.07. The monoisotopic (exact) mass is 243 g/mol. The molecule has 0 saturated carbocycles. The van der Waals surface area contributed by atoms with E-state index in [1.807, 2.05) is 30.3 Å². The zero-order valence-corrected chi connectivity index (χ0v) is 10.00. The molecule has 2 unspecified atom stereocenters. The lowest BCUT2D eigenvalue weighted by Gasteiger charge is -2.12. The number of amides is 2. The Balaban J connectivity index is 1.64. The molecule has 2 amide bonds. The summed E-state index contributed by atoms with van der Waals surface area (Å²) in [5, 5.41) is 0. The normalized spacial score (nSPS) is 26.5. The van der Waals surface area contributed by atoms with Crippen LogP contribution in [-0.4, -0.2) is 29.4 Å². The Morgan fingerprint density at radius 1 is 1.22 bits per heavy atom. The Labute approximate surface area is 105 Å². The number of hydrogen-bond donors (Lipinski definition) is 0. The van der Waals surface area contributed by atoms with E-state index in [9.17, 15) is 9.59 Å². The van der Waals surface area contributed by atoms with Crippen LogP contribution in [0.4, 0.5) is 0 Å². The first kappa shape index (κ1) is 11.2. The highest BCUT2D eigenvalue weighted by Gasteiger charge is 2.44. The lowest BCUT2D eigenvalue weighted by atomic mass is 10.1. The van der Waals surface area contributed by atoms with Gasteiger partial charge in [0, 0.05) is 11.6 Å². The molecule has 1 aromatic rings. The van der Waals surface area contributed by atoms with Gasteiger partial charge in [0.2, 0.25) is 0 Å². The smallest absolute Gasteiger partial charge is 0.256 e. The summed E-state index contributed by atoms with van der Waals surface area (Å²) in [6.07, 6.45) is 1.31. The van der Waals surface area contributed by atoms with Gasteiger partial charge in [-0.1, -0.05) is 30.3 Å². The van der Waals surface area contributed by atoms with Crippen LogP contribution < -0.4 is 0 Å². The van der Waals surface area contributed by atoms with E-state index in [0.717, 1.165) is 5.56 Å². The van der Waals surface area contributed by atoms with E-state index in [-0.39, 0.29) is 24.0 Å². The Bertz CT molecular complexity index is 535. The number of imide groups is 1. The van der Waals surface area contributed by atoms with Crippen molar-refractivity contribution in [1.82, 2.24) is 4.90 Å². The SMILES string of the molecule is CC1=CC(=O)N(CC2OC2c2ccccc2)C1=O. The van der Waals surface area contributed by atoms with Crippen molar-refractivity contribution < 1.29 is 14.3 Å². The molecule has 92 valence electrons. The molecule has 0 radical (unpaired) electrons. The van der Waals surface area contributed by atoms with Crippen LogP contribution in [0, 0.1) is 0 Å². The molecule has 4 heteroatoms. The maximum Gasteiger partial charge on any atom is 0.256 e. The van der Waals surface area contributed by atoms with Crippen molar-refractivity contribution in [2.75, 3.05) is 6.54 Å². The van der Waals surface area contributed by atoms with Gasteiger partial charge in [0.05, 0.1) is 6.54 Å². The minimum Gasteiger partial charge on any atom is -0.363 e. The summed E-state index contributed by atoms with van der Waals surface area (Å²) in [7, 11) is 0. The zero-order valence-electron chi connectivity index (χ0n) is 10.00. The fourth-order valence-electron chi connectivity index (χ4n) is 2.21. The quantitative estimate of drug-likeness (QED) is 0.596. The molecule has 1 saturated heterocycles. The number of nitrogens with zero attached hydrogens (tertiary/aromatic N) is 1. The van der Waals surface area contributed by atoms with Crippen molar-refractivity contribution in [3.05, 3.63) is 47.5 Å². The van der Waals surface area contributed by atoms with Gasteiger partial charge in [-0.2, -0.15) is 0 Å². The van der Waals surface area contributed by atoms with Gasteiger partial charge < -0.3 is 4.74 Å². The summed E-state index contributed by atoms with van der Waals surface area (Å²) in [5.41, 5.74) is 1.59. The number of hydrogen-bond acceptors (Lipinski definition) is 3. The molecule has 1 aromatic carbocycles. The molecule has 1 fully saturated rings. The van der Waals surface area contributed by atoms with E-state index in [1.165, 1.54) is 11.0 Å². The maximum atomic E-state index is 11.7. The van der Waals surface area contributed by atoms with Gasteiger partial charge in [-0.15, -0.1) is 0 Å². The summed E-state index contributed by atoms with van der Waals surface area (Å²) in [5.74, 6) is -0.442. The molecule has 0 spiro atoms. The third-order valence-corrected chi connectivity index (χ3v) is 3.26. The van der Waals surface area contributed by atoms with Crippen molar-refractivity contribution in [2.45, 2.75) is 19.1 Å². The van der Waals surface area contributed by atoms with Gasteiger partial charge in [-0.05, 0) is 12.5 Å². The van der Waals surface area contributed by atoms with Crippen LogP contribution in [0.1, 0.15) is 18.6 Å². The molecule has 0 bridgehead atoms. The summed E-state index contributed by atoms with van der Waals surface area (Å²) in [4.78, 5) is 24.5. The minimum absolute atomic E-state index is 0.00714. The fourth-order valence-corrected chi connectivity index (χ4v) is 2.21. The molecule has 2 aliphatic heterocycles. The van der Waals surface area contributed by atoms with Crippen molar-refractivity contribution in [1.29, 1.82) is 0 Å². The molecule has 0 aliphatic carbocycles. The van der Waals surface area contributed by atoms with Crippen LogP contribution in [0.3, 0.4) is 0 Å². The number of epoxide rings is 1. The minimum atomic E-state index is -0.236. The van der Waals surface area contributed by atoms with Crippen molar-refractivity contribution in [3.63, 3.8) is 0 Å². The average Bonchev–Trinajstić information content (AvgIpc) is 3.10. The van der Waals surface area contributed by atoms with Gasteiger partial charge in [0.1, 0.15) is 12.2 Å². The molecule has 4 nitrogen and oxygen atoms in total. The lowest BCUT2D eigenvalue weighted by molar-refractivity contribution is -0.137. The van der Waals surface area contributed by atoms with Crippen molar-refractivity contribution in [2.24, 2.45) is 0 Å². The van der Waals surface area contributed by atoms with Crippen LogP contribution in [0.25, 0.3) is 0 Å². The van der Waals surface area contributed by atoms with Crippen LogP contribution in [0.15, 0.2) is 42.0 Å². The highest BCUT2D eigenvalue weighted by atomic mass is 16.6. The Kier molecular flexibility index (Phi) is 2.52.